The van der Waals surface area contributed by atoms with Gasteiger partial charge in [-0.25, -0.2) is 0 Å². The Labute approximate surface area is 298 Å². The Morgan fingerprint density at radius 1 is 0.396 bits per heavy atom. The molecule has 0 aliphatic carbocycles. The average Bonchev–Trinajstić information content (AvgIpc) is 3.76. The summed E-state index contributed by atoms with van der Waals surface area (Å²) in [6.45, 7) is 0. The van der Waals surface area contributed by atoms with Gasteiger partial charge in [0.25, 0.3) is 0 Å². The molecular formula is C45H36Cl2Zr-2. The van der Waals surface area contributed by atoms with Crippen molar-refractivity contribution in [3.05, 3.63) is 228 Å². The predicted molar refractivity (Wildman–Crippen MR) is 206 cm³/mol. The van der Waals surface area contributed by atoms with Crippen molar-refractivity contribution in [2.75, 3.05) is 0 Å². The smallest absolute Gasteiger partial charge is 0.00686 e. The van der Waals surface area contributed by atoms with E-state index in [1.807, 2.05) is 0 Å². The van der Waals surface area contributed by atoms with E-state index in [4.69, 9.17) is 17.0 Å². The van der Waals surface area contributed by atoms with Crippen LogP contribution < -0.4 is 0 Å². The van der Waals surface area contributed by atoms with E-state index in [9.17, 15) is 0 Å². The van der Waals surface area contributed by atoms with E-state index >= 15 is 0 Å². The summed E-state index contributed by atoms with van der Waals surface area (Å²) in [4.78, 5) is 0. The Balaban J connectivity index is 0.000000151. The van der Waals surface area contributed by atoms with E-state index in [1.54, 1.807) is 0 Å². The molecule has 0 fully saturated rings. The van der Waals surface area contributed by atoms with Crippen molar-refractivity contribution in [3.63, 3.8) is 0 Å². The predicted octanol–water partition coefficient (Wildman–Crippen LogP) is 12.8. The molecular weight excluding hydrogens is 703 g/mol. The first-order valence-electron chi connectivity index (χ1n) is 16.1. The van der Waals surface area contributed by atoms with Crippen LogP contribution in [-0.2, 0) is 18.9 Å². The van der Waals surface area contributed by atoms with Gasteiger partial charge in [0.05, 0.1) is 0 Å². The van der Waals surface area contributed by atoms with Crippen LogP contribution in [0.4, 0.5) is 0 Å². The summed E-state index contributed by atoms with van der Waals surface area (Å²) in [5.74, 6) is 0.560. The van der Waals surface area contributed by atoms with E-state index in [0.29, 0.717) is 0 Å². The molecule has 236 valence electrons. The van der Waals surface area contributed by atoms with Crippen molar-refractivity contribution in [2.45, 2.75) is 11.8 Å². The van der Waals surface area contributed by atoms with Crippen LogP contribution in [0.1, 0.15) is 45.2 Å². The van der Waals surface area contributed by atoms with E-state index in [1.165, 1.54) is 54.9 Å². The summed E-state index contributed by atoms with van der Waals surface area (Å²) in [5.41, 5.74) is 8.12. The molecule has 0 amide bonds. The first-order chi connectivity index (χ1) is 23.6. The Morgan fingerprint density at radius 3 is 0.938 bits per heavy atom. The SMILES string of the molecule is [CH2]=[Zr]([Cl])[Cl].c1ccc(C(c2ccccc2)c2c[cH-]c3ccccc23)cc1.c1ccc(C(c2ccccc2)c2c[cH-]c3ccccc23)cc1. The number of benzene rings is 6. The van der Waals surface area contributed by atoms with Crippen LogP contribution in [0.5, 0.6) is 0 Å². The molecule has 0 aliphatic heterocycles. The average molecular weight is 739 g/mol. The maximum absolute atomic E-state index is 5.13. The molecule has 48 heavy (non-hydrogen) atoms. The topological polar surface area (TPSA) is 0 Å². The molecule has 0 radical (unpaired) electrons. The third kappa shape index (κ3) is 8.29. The summed E-state index contributed by atoms with van der Waals surface area (Å²) >= 11 is -1.85. The van der Waals surface area contributed by atoms with Crippen LogP contribution in [0.15, 0.2) is 194 Å². The summed E-state index contributed by atoms with van der Waals surface area (Å²) in [6, 6.07) is 69.3. The molecule has 0 N–H and O–H groups in total. The Bertz CT molecular complexity index is 1930. The molecule has 0 saturated heterocycles. The molecule has 8 aromatic rings. The number of rotatable bonds is 6. The van der Waals surface area contributed by atoms with Gasteiger partial charge in [-0.05, 0) is 34.1 Å². The van der Waals surface area contributed by atoms with Crippen LogP contribution in [0.3, 0.4) is 0 Å². The molecule has 0 aliphatic rings. The maximum Gasteiger partial charge on any atom is -0.00686 e. The summed E-state index contributed by atoms with van der Waals surface area (Å²) in [7, 11) is 10.3. The summed E-state index contributed by atoms with van der Waals surface area (Å²) in [5, 5.41) is 5.32. The van der Waals surface area contributed by atoms with Crippen molar-refractivity contribution in [1.29, 1.82) is 0 Å². The largest absolute Gasteiger partial charge is 0.150 e. The quantitative estimate of drug-likeness (QED) is 0.149. The van der Waals surface area contributed by atoms with Crippen LogP contribution >= 0.6 is 17.0 Å². The molecule has 0 spiro atoms. The van der Waals surface area contributed by atoms with Crippen molar-refractivity contribution in [3.8, 4) is 0 Å². The second kappa shape index (κ2) is 16.8. The first-order valence-corrected chi connectivity index (χ1v) is 24.2. The molecule has 0 atom stereocenters. The molecule has 0 unspecified atom stereocenters. The van der Waals surface area contributed by atoms with E-state index in [2.05, 4.69) is 198 Å². The number of hydrogen-bond donors (Lipinski definition) is 0. The van der Waals surface area contributed by atoms with Gasteiger partial charge in [-0.2, -0.15) is 0 Å². The zero-order valence-electron chi connectivity index (χ0n) is 26.6. The monoisotopic (exact) mass is 736 g/mol. The van der Waals surface area contributed by atoms with Crippen LogP contribution in [0.25, 0.3) is 21.5 Å². The molecule has 0 aromatic heterocycles. The number of halogens is 2. The Hall–Kier alpha value is -4.13. The molecule has 0 nitrogen and oxygen atoms in total. The fourth-order valence-electron chi connectivity index (χ4n) is 6.54. The van der Waals surface area contributed by atoms with Gasteiger partial charge in [0, 0.05) is 0 Å². The van der Waals surface area contributed by atoms with Gasteiger partial charge in [0.1, 0.15) is 0 Å². The van der Waals surface area contributed by atoms with Crippen LogP contribution in [-0.4, -0.2) is 4.21 Å². The fourth-order valence-corrected chi connectivity index (χ4v) is 6.54. The van der Waals surface area contributed by atoms with Crippen molar-refractivity contribution in [1.82, 2.24) is 0 Å². The first kappa shape index (κ1) is 33.8. The number of hydrogen-bond acceptors (Lipinski definition) is 0. The van der Waals surface area contributed by atoms with Gasteiger partial charge in [0.15, 0.2) is 0 Å². The third-order valence-electron chi connectivity index (χ3n) is 8.58. The van der Waals surface area contributed by atoms with Crippen molar-refractivity contribution >= 4 is 42.8 Å². The molecule has 8 rings (SSSR count). The minimum atomic E-state index is -1.85. The second-order valence-corrected chi connectivity index (χ2v) is 19.8. The maximum atomic E-state index is 5.13. The van der Waals surface area contributed by atoms with Gasteiger partial charge >= 0.3 is 40.1 Å². The van der Waals surface area contributed by atoms with Gasteiger partial charge < -0.3 is 0 Å². The molecule has 0 heterocycles. The van der Waals surface area contributed by atoms with Crippen LogP contribution in [0, 0.1) is 0 Å². The fraction of sp³-hybridized carbons (Fsp3) is 0.0444. The van der Waals surface area contributed by atoms with Crippen LogP contribution in [0.2, 0.25) is 0 Å². The second-order valence-electron chi connectivity index (χ2n) is 11.6. The minimum absolute atomic E-state index is 0.280. The van der Waals surface area contributed by atoms with Crippen molar-refractivity contribution < 1.29 is 18.9 Å². The molecule has 0 bridgehead atoms. The zero-order chi connectivity index (χ0) is 33.1. The third-order valence-corrected chi connectivity index (χ3v) is 8.58. The number of fused-ring (bicyclic) bond motifs is 2. The minimum Gasteiger partial charge on any atom is -0.150 e. The van der Waals surface area contributed by atoms with Gasteiger partial charge in [-0.15, -0.1) is 93.3 Å². The van der Waals surface area contributed by atoms with Gasteiger partial charge in [-0.3, -0.25) is 0 Å². The normalized spacial score (nSPS) is 10.8. The van der Waals surface area contributed by atoms with E-state index in [-0.39, 0.29) is 11.8 Å². The standard InChI is InChI=1S/2C22H17.CH2.2ClH.Zr/c2*1-3-10-18(11-4-1)22(19-12-5-2-6-13-19)21-16-15-17-9-7-8-14-20(17)21;;;;/h2*1-16,22H;1H2;2*1H;/q2*-1;;;;+2/p-2. The molecule has 3 heteroatoms. The van der Waals surface area contributed by atoms with Crippen molar-refractivity contribution in [2.24, 2.45) is 0 Å². The van der Waals surface area contributed by atoms with E-state index in [0.717, 1.165) is 0 Å². The molecule has 8 aromatic carbocycles. The van der Waals surface area contributed by atoms with Gasteiger partial charge in [0.2, 0.25) is 0 Å². The Kier molecular flexibility index (Phi) is 11.8. The zero-order valence-corrected chi connectivity index (χ0v) is 30.6. The van der Waals surface area contributed by atoms with E-state index < -0.39 is 18.9 Å². The van der Waals surface area contributed by atoms with Gasteiger partial charge in [-0.1, -0.05) is 133 Å². The molecule has 0 saturated carbocycles. The summed E-state index contributed by atoms with van der Waals surface area (Å²) in [6.07, 6.45) is 0. The Morgan fingerprint density at radius 2 is 0.646 bits per heavy atom. The summed E-state index contributed by atoms with van der Waals surface area (Å²) < 4.78 is 3.37.